The summed E-state index contributed by atoms with van der Waals surface area (Å²) in [5.74, 6) is 0.238. The molecule has 4 rings (SSSR count). The summed E-state index contributed by atoms with van der Waals surface area (Å²) >= 11 is 3.56. The zero-order valence-electron chi connectivity index (χ0n) is 12.9. The van der Waals surface area contributed by atoms with Gasteiger partial charge in [0.25, 0.3) is 0 Å². The minimum atomic E-state index is 0.0959. The van der Waals surface area contributed by atoms with Crippen molar-refractivity contribution in [3.63, 3.8) is 0 Å². The Morgan fingerprint density at radius 1 is 1.17 bits per heavy atom. The molecule has 0 spiro atoms. The van der Waals surface area contributed by atoms with E-state index in [9.17, 15) is 4.79 Å². The van der Waals surface area contributed by atoms with E-state index < -0.39 is 0 Å². The van der Waals surface area contributed by atoms with Crippen molar-refractivity contribution >= 4 is 28.6 Å². The lowest BCUT2D eigenvalue weighted by molar-refractivity contribution is -0.135. The number of nitrogens with zero attached hydrogens (tertiary/aromatic N) is 2. The van der Waals surface area contributed by atoms with Crippen molar-refractivity contribution in [1.29, 1.82) is 0 Å². The Morgan fingerprint density at radius 3 is 2.83 bits per heavy atom. The lowest BCUT2D eigenvalue weighted by Crippen LogP contribution is -2.47. The second-order valence-electron chi connectivity index (χ2n) is 5.94. The maximum Gasteiger partial charge on any atom is 0.237 e. The molecule has 0 radical (unpaired) electrons. The van der Waals surface area contributed by atoms with E-state index in [-0.39, 0.29) is 11.9 Å². The molecular weight excluding hydrogens is 328 g/mol. The van der Waals surface area contributed by atoms with Gasteiger partial charge in [0.15, 0.2) is 0 Å². The van der Waals surface area contributed by atoms with Crippen LogP contribution < -0.4 is 0 Å². The van der Waals surface area contributed by atoms with Gasteiger partial charge in [0, 0.05) is 29.4 Å². The monoisotopic (exact) mass is 348 g/mol. The Morgan fingerprint density at radius 2 is 2.04 bits per heavy atom. The molecule has 0 aliphatic carbocycles. The van der Waals surface area contributed by atoms with Crippen LogP contribution >= 0.6 is 22.7 Å². The van der Waals surface area contributed by atoms with Gasteiger partial charge in [-0.05, 0) is 34.9 Å². The summed E-state index contributed by atoms with van der Waals surface area (Å²) in [7, 11) is 0. The maximum atomic E-state index is 13.0. The normalized spacial score (nSPS) is 22.1. The van der Waals surface area contributed by atoms with Crippen molar-refractivity contribution in [2.45, 2.75) is 12.5 Å². The van der Waals surface area contributed by atoms with E-state index >= 15 is 0 Å². The summed E-state index contributed by atoms with van der Waals surface area (Å²) in [5, 5.41) is 4.25. The molecule has 1 atom stereocenters. The number of hydrogen-bond donors (Lipinski definition) is 0. The molecule has 6 heteroatoms. The van der Waals surface area contributed by atoms with Gasteiger partial charge in [0.05, 0.1) is 25.8 Å². The number of carbonyl (C=O) groups is 1. The Hall–Kier alpha value is -1.21. The summed E-state index contributed by atoms with van der Waals surface area (Å²) in [6.07, 6.45) is 0.976. The summed E-state index contributed by atoms with van der Waals surface area (Å²) in [4.78, 5) is 19.9. The Labute approximate surface area is 144 Å². The van der Waals surface area contributed by atoms with Crippen molar-refractivity contribution in [2.24, 2.45) is 0 Å². The zero-order valence-corrected chi connectivity index (χ0v) is 14.6. The van der Waals surface area contributed by atoms with Gasteiger partial charge in [-0.15, -0.1) is 22.7 Å². The average Bonchev–Trinajstić information content (AvgIpc) is 3.26. The molecule has 23 heavy (non-hydrogen) atoms. The molecule has 2 aliphatic heterocycles. The highest BCUT2D eigenvalue weighted by Crippen LogP contribution is 2.39. The molecule has 1 amide bonds. The van der Waals surface area contributed by atoms with Gasteiger partial charge in [-0.2, -0.15) is 0 Å². The smallest absolute Gasteiger partial charge is 0.237 e. The lowest BCUT2D eigenvalue weighted by atomic mass is 9.98. The largest absolute Gasteiger partial charge is 0.379 e. The van der Waals surface area contributed by atoms with Crippen molar-refractivity contribution in [3.8, 4) is 0 Å². The van der Waals surface area contributed by atoms with Crippen LogP contribution in [-0.2, 0) is 16.0 Å². The number of amides is 1. The molecule has 2 aromatic rings. The molecule has 0 unspecified atom stereocenters. The van der Waals surface area contributed by atoms with Crippen LogP contribution in [0.5, 0.6) is 0 Å². The summed E-state index contributed by atoms with van der Waals surface area (Å²) in [6.45, 7) is 4.50. The van der Waals surface area contributed by atoms with Gasteiger partial charge in [-0.3, -0.25) is 9.69 Å². The molecule has 0 N–H and O–H groups in total. The Kier molecular flexibility index (Phi) is 4.48. The fraction of sp³-hybridized carbons (Fsp3) is 0.471. The molecule has 4 heterocycles. The van der Waals surface area contributed by atoms with Gasteiger partial charge < -0.3 is 9.64 Å². The highest BCUT2D eigenvalue weighted by atomic mass is 32.1. The van der Waals surface area contributed by atoms with Crippen LogP contribution in [0.3, 0.4) is 0 Å². The lowest BCUT2D eigenvalue weighted by Gasteiger charge is -2.37. The van der Waals surface area contributed by atoms with Gasteiger partial charge in [-0.25, -0.2) is 0 Å². The molecule has 4 nitrogen and oxygen atoms in total. The third-order valence-electron chi connectivity index (χ3n) is 4.56. The quantitative estimate of drug-likeness (QED) is 0.855. The number of ether oxygens (including phenoxy) is 1. The van der Waals surface area contributed by atoms with Crippen LogP contribution in [0.4, 0.5) is 0 Å². The number of hydrogen-bond acceptors (Lipinski definition) is 5. The summed E-state index contributed by atoms with van der Waals surface area (Å²) in [6, 6.07) is 6.51. The van der Waals surface area contributed by atoms with Crippen molar-refractivity contribution < 1.29 is 9.53 Å². The molecule has 2 aliphatic rings. The highest BCUT2D eigenvalue weighted by Gasteiger charge is 2.33. The fourth-order valence-electron chi connectivity index (χ4n) is 3.38. The minimum Gasteiger partial charge on any atom is -0.379 e. The molecule has 2 aromatic heterocycles. The van der Waals surface area contributed by atoms with E-state index in [1.54, 1.807) is 11.3 Å². The van der Waals surface area contributed by atoms with Crippen molar-refractivity contribution in [2.75, 3.05) is 39.4 Å². The Bertz CT molecular complexity index is 662. The minimum absolute atomic E-state index is 0.0959. The third kappa shape index (κ3) is 3.08. The van der Waals surface area contributed by atoms with Gasteiger partial charge >= 0.3 is 0 Å². The van der Waals surface area contributed by atoms with E-state index in [0.717, 1.165) is 39.3 Å². The Balaban J connectivity index is 1.58. The average molecular weight is 348 g/mol. The van der Waals surface area contributed by atoms with Crippen LogP contribution in [0.2, 0.25) is 0 Å². The number of fused-ring (bicyclic) bond motifs is 1. The van der Waals surface area contributed by atoms with Crippen LogP contribution in [0.1, 0.15) is 21.4 Å². The second kappa shape index (κ2) is 6.73. The van der Waals surface area contributed by atoms with Crippen LogP contribution in [0.15, 0.2) is 29.0 Å². The number of morpholine rings is 1. The van der Waals surface area contributed by atoms with E-state index in [1.807, 2.05) is 11.3 Å². The van der Waals surface area contributed by atoms with Gasteiger partial charge in [0.2, 0.25) is 5.91 Å². The first-order chi connectivity index (χ1) is 11.3. The van der Waals surface area contributed by atoms with Crippen LogP contribution in [0, 0.1) is 0 Å². The van der Waals surface area contributed by atoms with E-state index in [1.165, 1.54) is 15.3 Å². The maximum absolute atomic E-state index is 13.0. The summed E-state index contributed by atoms with van der Waals surface area (Å²) < 4.78 is 5.38. The molecule has 0 saturated carbocycles. The predicted molar refractivity (Wildman–Crippen MR) is 93.2 cm³/mol. The molecule has 0 bridgehead atoms. The first kappa shape index (κ1) is 15.3. The number of rotatable bonds is 3. The topological polar surface area (TPSA) is 32.8 Å². The number of thiophene rings is 2. The van der Waals surface area contributed by atoms with Crippen LogP contribution in [0.25, 0.3) is 0 Å². The second-order valence-corrected chi connectivity index (χ2v) is 7.92. The summed E-state index contributed by atoms with van der Waals surface area (Å²) in [5.41, 5.74) is 1.32. The first-order valence-corrected chi connectivity index (χ1v) is 9.78. The van der Waals surface area contributed by atoms with Crippen LogP contribution in [-0.4, -0.2) is 55.1 Å². The molecule has 122 valence electrons. The molecule has 0 aromatic carbocycles. The first-order valence-electron chi connectivity index (χ1n) is 8.02. The molecular formula is C17H20N2O2S2. The van der Waals surface area contributed by atoms with Gasteiger partial charge in [0.1, 0.15) is 0 Å². The van der Waals surface area contributed by atoms with Gasteiger partial charge in [-0.1, -0.05) is 6.07 Å². The standard InChI is InChI=1S/C17H20N2O2S2/c20-16(12-18-6-8-21-9-7-18)19-5-3-14-13(4-11-23-14)17(19)15-2-1-10-22-15/h1-2,4,10-11,17H,3,5-9,12H2/t17-/m0/s1. The zero-order chi connectivity index (χ0) is 15.6. The van der Waals surface area contributed by atoms with Crippen molar-refractivity contribution in [1.82, 2.24) is 9.80 Å². The highest BCUT2D eigenvalue weighted by molar-refractivity contribution is 7.10. The predicted octanol–water partition coefficient (Wildman–Crippen LogP) is 2.62. The van der Waals surface area contributed by atoms with E-state index in [2.05, 4.69) is 38.8 Å². The van der Waals surface area contributed by atoms with Crippen molar-refractivity contribution in [3.05, 3.63) is 44.3 Å². The third-order valence-corrected chi connectivity index (χ3v) is 6.48. The molecule has 1 fully saturated rings. The van der Waals surface area contributed by atoms with E-state index in [4.69, 9.17) is 4.74 Å². The SMILES string of the molecule is O=C(CN1CCOCC1)N1CCc2sccc2[C@H]1c1cccs1. The molecule has 1 saturated heterocycles. The number of carbonyl (C=O) groups excluding carboxylic acids is 1. The fourth-order valence-corrected chi connectivity index (χ4v) is 5.14. The van der Waals surface area contributed by atoms with E-state index in [0.29, 0.717) is 6.54 Å².